The third-order valence-corrected chi connectivity index (χ3v) is 5.28. The van der Waals surface area contributed by atoms with E-state index in [2.05, 4.69) is 49.5 Å². The molecule has 0 radical (unpaired) electrons. The highest BCUT2D eigenvalue weighted by Gasteiger charge is 2.41. The van der Waals surface area contributed by atoms with Crippen LogP contribution in [-0.4, -0.2) is 18.8 Å². The number of benzene rings is 2. The summed E-state index contributed by atoms with van der Waals surface area (Å²) in [6.45, 7) is 6.57. The Bertz CT molecular complexity index is 685. The molecule has 1 heterocycles. The first-order valence-electron chi connectivity index (χ1n) is 9.14. The van der Waals surface area contributed by atoms with Crippen LogP contribution in [0.5, 0.6) is 0 Å². The molecular formula is C22H28FNO. The monoisotopic (exact) mass is 341 g/mol. The van der Waals surface area contributed by atoms with E-state index in [0.717, 1.165) is 38.0 Å². The molecule has 0 aliphatic carbocycles. The third kappa shape index (κ3) is 4.47. The van der Waals surface area contributed by atoms with Crippen molar-refractivity contribution < 1.29 is 9.13 Å². The fourth-order valence-electron chi connectivity index (χ4n) is 4.07. The average Bonchev–Trinajstić information content (AvgIpc) is 2.60. The second-order valence-corrected chi connectivity index (χ2v) is 7.70. The Morgan fingerprint density at radius 2 is 1.76 bits per heavy atom. The summed E-state index contributed by atoms with van der Waals surface area (Å²) in [5, 5.41) is 3.43. The minimum Gasteiger partial charge on any atom is -0.376 e. The van der Waals surface area contributed by atoms with Crippen LogP contribution in [0.4, 0.5) is 4.39 Å². The molecule has 0 amide bonds. The Morgan fingerprint density at radius 1 is 1.04 bits per heavy atom. The molecule has 134 valence electrons. The molecule has 0 saturated carbocycles. The maximum atomic E-state index is 13.8. The van der Waals surface area contributed by atoms with Crippen molar-refractivity contribution in [2.24, 2.45) is 0 Å². The highest BCUT2D eigenvalue weighted by atomic mass is 19.1. The summed E-state index contributed by atoms with van der Waals surface area (Å²) < 4.78 is 19.7. The van der Waals surface area contributed by atoms with E-state index >= 15 is 0 Å². The average molecular weight is 341 g/mol. The summed E-state index contributed by atoms with van der Waals surface area (Å²) in [4.78, 5) is 0. The van der Waals surface area contributed by atoms with Gasteiger partial charge < -0.3 is 10.1 Å². The van der Waals surface area contributed by atoms with Crippen molar-refractivity contribution >= 4 is 0 Å². The Balaban J connectivity index is 1.68. The van der Waals surface area contributed by atoms with Crippen LogP contribution in [-0.2, 0) is 16.7 Å². The van der Waals surface area contributed by atoms with Gasteiger partial charge in [0.25, 0.3) is 0 Å². The van der Waals surface area contributed by atoms with Gasteiger partial charge in [-0.2, -0.15) is 0 Å². The maximum Gasteiger partial charge on any atom is 0.127 e. The zero-order valence-electron chi connectivity index (χ0n) is 15.2. The first-order chi connectivity index (χ1) is 12.0. The lowest BCUT2D eigenvalue weighted by atomic mass is 9.67. The van der Waals surface area contributed by atoms with Gasteiger partial charge in [0.1, 0.15) is 5.82 Å². The third-order valence-electron chi connectivity index (χ3n) is 5.28. The summed E-state index contributed by atoms with van der Waals surface area (Å²) in [6.07, 6.45) is 3.06. The van der Waals surface area contributed by atoms with Crippen LogP contribution in [0.15, 0.2) is 54.6 Å². The van der Waals surface area contributed by atoms with Gasteiger partial charge in [-0.3, -0.25) is 0 Å². The minimum absolute atomic E-state index is 0.111. The quantitative estimate of drug-likeness (QED) is 0.760. The predicted molar refractivity (Wildman–Crippen MR) is 100 cm³/mol. The molecule has 2 nitrogen and oxygen atoms in total. The van der Waals surface area contributed by atoms with Crippen molar-refractivity contribution in [2.45, 2.75) is 50.7 Å². The summed E-state index contributed by atoms with van der Waals surface area (Å²) in [7, 11) is 0. The number of hydrogen-bond acceptors (Lipinski definition) is 2. The Hall–Kier alpha value is -1.71. The zero-order valence-corrected chi connectivity index (χ0v) is 15.2. The van der Waals surface area contributed by atoms with Gasteiger partial charge in [0.2, 0.25) is 0 Å². The van der Waals surface area contributed by atoms with Crippen molar-refractivity contribution in [3.8, 4) is 0 Å². The highest BCUT2D eigenvalue weighted by Crippen LogP contribution is 2.43. The number of nitrogens with one attached hydrogen (secondary N) is 1. The molecule has 0 unspecified atom stereocenters. The highest BCUT2D eigenvalue weighted by molar-refractivity contribution is 5.27. The number of rotatable bonds is 6. The van der Waals surface area contributed by atoms with Crippen LogP contribution in [0, 0.1) is 5.82 Å². The lowest BCUT2D eigenvalue weighted by Crippen LogP contribution is -2.45. The molecule has 1 saturated heterocycles. The zero-order chi connectivity index (χ0) is 17.8. The molecular weight excluding hydrogens is 313 g/mol. The van der Waals surface area contributed by atoms with Gasteiger partial charge in [-0.05, 0) is 51.3 Å². The Labute approximate surface area is 150 Å². The molecule has 3 rings (SSSR count). The van der Waals surface area contributed by atoms with Crippen molar-refractivity contribution in [2.75, 3.05) is 13.2 Å². The number of ether oxygens (including phenoxy) is 1. The number of hydrogen-bond donors (Lipinski definition) is 1. The van der Waals surface area contributed by atoms with Gasteiger partial charge in [-0.25, -0.2) is 4.39 Å². The summed E-state index contributed by atoms with van der Waals surface area (Å²) in [6, 6.07) is 17.7. The molecule has 25 heavy (non-hydrogen) atoms. The maximum absolute atomic E-state index is 13.8. The van der Waals surface area contributed by atoms with Crippen LogP contribution in [0.3, 0.4) is 0 Å². The SMILES string of the molecule is CC1(C)C[C@](CCNCc2ccccc2F)(c2ccccc2)CCO1. The van der Waals surface area contributed by atoms with E-state index in [0.29, 0.717) is 6.54 Å². The van der Waals surface area contributed by atoms with Gasteiger partial charge >= 0.3 is 0 Å². The molecule has 1 aliphatic heterocycles. The molecule has 1 aliphatic rings. The largest absolute Gasteiger partial charge is 0.376 e. The molecule has 2 aromatic carbocycles. The molecule has 0 spiro atoms. The molecule has 0 aromatic heterocycles. The topological polar surface area (TPSA) is 21.3 Å². The summed E-state index contributed by atoms with van der Waals surface area (Å²) in [5.74, 6) is -0.139. The van der Waals surface area contributed by atoms with Crippen molar-refractivity contribution in [3.63, 3.8) is 0 Å². The molecule has 0 bridgehead atoms. The molecule has 3 heteroatoms. The van der Waals surface area contributed by atoms with Crippen molar-refractivity contribution in [1.82, 2.24) is 5.32 Å². The van der Waals surface area contributed by atoms with Crippen LogP contribution >= 0.6 is 0 Å². The van der Waals surface area contributed by atoms with Gasteiger partial charge in [-0.1, -0.05) is 48.5 Å². The molecule has 1 atom stereocenters. The van der Waals surface area contributed by atoms with E-state index in [1.807, 2.05) is 12.1 Å². The normalized spacial score (nSPS) is 22.7. The predicted octanol–water partition coefficient (Wildman–Crippen LogP) is 4.83. The summed E-state index contributed by atoms with van der Waals surface area (Å²) >= 11 is 0. The second kappa shape index (κ2) is 7.67. The van der Waals surface area contributed by atoms with Crippen molar-refractivity contribution in [1.29, 1.82) is 0 Å². The van der Waals surface area contributed by atoms with Crippen LogP contribution in [0.1, 0.15) is 44.2 Å². The van der Waals surface area contributed by atoms with Crippen LogP contribution in [0.25, 0.3) is 0 Å². The first kappa shape index (κ1) is 18.1. The lowest BCUT2D eigenvalue weighted by Gasteiger charge is -2.45. The van der Waals surface area contributed by atoms with Crippen LogP contribution < -0.4 is 5.32 Å². The Morgan fingerprint density at radius 3 is 2.48 bits per heavy atom. The van der Waals surface area contributed by atoms with E-state index in [1.54, 1.807) is 6.07 Å². The van der Waals surface area contributed by atoms with Gasteiger partial charge in [-0.15, -0.1) is 0 Å². The van der Waals surface area contributed by atoms with E-state index in [-0.39, 0.29) is 16.8 Å². The molecule has 1 N–H and O–H groups in total. The van der Waals surface area contributed by atoms with Crippen LogP contribution in [0.2, 0.25) is 0 Å². The molecule has 2 aromatic rings. The lowest BCUT2D eigenvalue weighted by molar-refractivity contribution is -0.0840. The Kier molecular flexibility index (Phi) is 5.55. The van der Waals surface area contributed by atoms with E-state index < -0.39 is 0 Å². The van der Waals surface area contributed by atoms with E-state index in [1.165, 1.54) is 11.6 Å². The second-order valence-electron chi connectivity index (χ2n) is 7.70. The fraction of sp³-hybridized carbons (Fsp3) is 0.455. The standard InChI is InChI=1S/C22H28FNO/c1-21(2)17-22(13-15-25-21,19-9-4-3-5-10-19)12-14-24-16-18-8-6-7-11-20(18)23/h3-11,24H,12-17H2,1-2H3/t22-/m1/s1. The van der Waals surface area contributed by atoms with Crippen molar-refractivity contribution in [3.05, 3.63) is 71.5 Å². The van der Waals surface area contributed by atoms with Gasteiger partial charge in [0.05, 0.1) is 5.60 Å². The van der Waals surface area contributed by atoms with E-state index in [9.17, 15) is 4.39 Å². The minimum atomic E-state index is -0.139. The fourth-order valence-corrected chi connectivity index (χ4v) is 4.07. The van der Waals surface area contributed by atoms with Gasteiger partial charge in [0.15, 0.2) is 0 Å². The van der Waals surface area contributed by atoms with E-state index in [4.69, 9.17) is 4.74 Å². The number of halogens is 1. The molecule has 1 fully saturated rings. The first-order valence-corrected chi connectivity index (χ1v) is 9.14. The van der Waals surface area contributed by atoms with Gasteiger partial charge in [0, 0.05) is 24.1 Å². The smallest absolute Gasteiger partial charge is 0.127 e. The summed E-state index contributed by atoms with van der Waals surface area (Å²) in [5.41, 5.74) is 2.12.